The van der Waals surface area contributed by atoms with Gasteiger partial charge in [-0.1, -0.05) is 0 Å². The molecule has 2 atom stereocenters. The Labute approximate surface area is 101 Å². The highest BCUT2D eigenvalue weighted by Crippen LogP contribution is 2.14. The number of morpholine rings is 2. The number of amides is 2. The Bertz CT molecular complexity index is 268. The number of rotatable bonds is 1. The minimum Gasteiger partial charge on any atom is -0.394 e. The maximum atomic E-state index is 12.3. The summed E-state index contributed by atoms with van der Waals surface area (Å²) in [5, 5.41) is 9.09. The summed E-state index contributed by atoms with van der Waals surface area (Å²) >= 11 is 0. The van der Waals surface area contributed by atoms with Crippen LogP contribution in [0.4, 0.5) is 4.79 Å². The van der Waals surface area contributed by atoms with Crippen molar-refractivity contribution in [3.63, 3.8) is 0 Å². The van der Waals surface area contributed by atoms with Crippen LogP contribution in [0.3, 0.4) is 0 Å². The summed E-state index contributed by atoms with van der Waals surface area (Å²) < 4.78 is 10.6. The predicted octanol–water partition coefficient (Wildman–Crippen LogP) is -0.480. The molecule has 6 heteroatoms. The molecule has 2 fully saturated rings. The average Bonchev–Trinajstić information content (AvgIpc) is 2.39. The highest BCUT2D eigenvalue weighted by molar-refractivity contribution is 5.75. The highest BCUT2D eigenvalue weighted by Gasteiger charge is 2.32. The predicted molar refractivity (Wildman–Crippen MR) is 60.8 cm³/mol. The number of carbonyl (C=O) groups excluding carboxylic acids is 1. The van der Waals surface area contributed by atoms with Gasteiger partial charge in [0.25, 0.3) is 0 Å². The molecule has 2 amide bonds. The monoisotopic (exact) mass is 244 g/mol. The van der Waals surface area contributed by atoms with Gasteiger partial charge < -0.3 is 24.4 Å². The molecular formula is C11H20N2O4. The van der Waals surface area contributed by atoms with Crippen molar-refractivity contribution in [1.82, 2.24) is 9.80 Å². The molecule has 0 bridgehead atoms. The molecule has 2 aliphatic rings. The van der Waals surface area contributed by atoms with E-state index in [1.54, 1.807) is 9.80 Å². The summed E-state index contributed by atoms with van der Waals surface area (Å²) in [7, 11) is 0. The lowest BCUT2D eigenvalue weighted by Crippen LogP contribution is -2.57. The van der Waals surface area contributed by atoms with E-state index in [1.165, 1.54) is 0 Å². The molecule has 0 saturated carbocycles. The number of urea groups is 1. The SMILES string of the molecule is CC1COC(CO)CN1C(=O)N1CCOCC1. The van der Waals surface area contributed by atoms with Crippen molar-refractivity contribution < 1.29 is 19.4 Å². The number of carbonyl (C=O) groups is 1. The third-order valence-corrected chi connectivity index (χ3v) is 3.24. The molecule has 0 radical (unpaired) electrons. The van der Waals surface area contributed by atoms with Crippen LogP contribution >= 0.6 is 0 Å². The van der Waals surface area contributed by atoms with Crippen LogP contribution in [0.5, 0.6) is 0 Å². The van der Waals surface area contributed by atoms with Crippen molar-refractivity contribution in [2.45, 2.75) is 19.1 Å². The first-order valence-electron chi connectivity index (χ1n) is 6.08. The number of ether oxygens (including phenoxy) is 2. The van der Waals surface area contributed by atoms with Gasteiger partial charge >= 0.3 is 6.03 Å². The van der Waals surface area contributed by atoms with Crippen LogP contribution in [0.1, 0.15) is 6.92 Å². The molecule has 17 heavy (non-hydrogen) atoms. The summed E-state index contributed by atoms with van der Waals surface area (Å²) in [6, 6.07) is 0.0932. The van der Waals surface area contributed by atoms with E-state index in [4.69, 9.17) is 14.6 Å². The lowest BCUT2D eigenvalue weighted by Gasteiger charge is -2.41. The lowest BCUT2D eigenvalue weighted by molar-refractivity contribution is -0.0693. The maximum Gasteiger partial charge on any atom is 0.320 e. The molecule has 0 aromatic heterocycles. The van der Waals surface area contributed by atoms with E-state index in [0.29, 0.717) is 39.5 Å². The van der Waals surface area contributed by atoms with Crippen molar-refractivity contribution in [1.29, 1.82) is 0 Å². The van der Waals surface area contributed by atoms with Crippen molar-refractivity contribution >= 4 is 6.03 Å². The summed E-state index contributed by atoms with van der Waals surface area (Å²) in [4.78, 5) is 15.9. The number of hydrogen-bond donors (Lipinski definition) is 1. The van der Waals surface area contributed by atoms with Crippen LogP contribution in [0.25, 0.3) is 0 Å². The largest absolute Gasteiger partial charge is 0.394 e. The summed E-state index contributed by atoms with van der Waals surface area (Å²) in [6.45, 7) is 5.38. The highest BCUT2D eigenvalue weighted by atomic mass is 16.5. The smallest absolute Gasteiger partial charge is 0.320 e. The fourth-order valence-electron chi connectivity index (χ4n) is 2.13. The van der Waals surface area contributed by atoms with E-state index in [1.807, 2.05) is 6.92 Å². The van der Waals surface area contributed by atoms with Crippen molar-refractivity contribution in [3.8, 4) is 0 Å². The number of nitrogens with zero attached hydrogens (tertiary/aromatic N) is 2. The molecular weight excluding hydrogens is 224 g/mol. The number of aliphatic hydroxyl groups excluding tert-OH is 1. The van der Waals surface area contributed by atoms with Crippen molar-refractivity contribution in [2.75, 3.05) is 46.1 Å². The van der Waals surface area contributed by atoms with Crippen molar-refractivity contribution in [3.05, 3.63) is 0 Å². The molecule has 0 aromatic rings. The van der Waals surface area contributed by atoms with E-state index >= 15 is 0 Å². The first-order valence-corrected chi connectivity index (χ1v) is 6.08. The zero-order valence-electron chi connectivity index (χ0n) is 10.2. The van der Waals surface area contributed by atoms with E-state index in [2.05, 4.69) is 0 Å². The Morgan fingerprint density at radius 1 is 1.41 bits per heavy atom. The molecule has 2 aliphatic heterocycles. The fraction of sp³-hybridized carbons (Fsp3) is 0.909. The second-order valence-corrected chi connectivity index (χ2v) is 4.52. The second-order valence-electron chi connectivity index (χ2n) is 4.52. The molecule has 2 unspecified atom stereocenters. The topological polar surface area (TPSA) is 62.2 Å². The van der Waals surface area contributed by atoms with Gasteiger partial charge in [0.1, 0.15) is 0 Å². The first-order chi connectivity index (χ1) is 8.22. The Kier molecular flexibility index (Phi) is 4.20. The van der Waals surface area contributed by atoms with Crippen LogP contribution in [0.15, 0.2) is 0 Å². The Hall–Kier alpha value is -0.850. The Balaban J connectivity index is 1.95. The average molecular weight is 244 g/mol. The van der Waals surface area contributed by atoms with Gasteiger partial charge in [-0.25, -0.2) is 4.79 Å². The quantitative estimate of drug-likeness (QED) is 0.677. The van der Waals surface area contributed by atoms with Gasteiger partial charge in [-0.15, -0.1) is 0 Å². The van der Waals surface area contributed by atoms with Crippen LogP contribution < -0.4 is 0 Å². The second kappa shape index (κ2) is 5.66. The zero-order chi connectivity index (χ0) is 12.3. The summed E-state index contributed by atoms with van der Waals surface area (Å²) in [5.41, 5.74) is 0. The van der Waals surface area contributed by atoms with Gasteiger partial charge in [0, 0.05) is 13.1 Å². The molecule has 2 saturated heterocycles. The van der Waals surface area contributed by atoms with Gasteiger partial charge in [0.2, 0.25) is 0 Å². The van der Waals surface area contributed by atoms with Crippen LogP contribution in [-0.4, -0.2) is 79.1 Å². The van der Waals surface area contributed by atoms with Gasteiger partial charge in [-0.05, 0) is 6.92 Å². The van der Waals surface area contributed by atoms with Crippen LogP contribution in [0, 0.1) is 0 Å². The molecule has 6 nitrogen and oxygen atoms in total. The standard InChI is InChI=1S/C11H20N2O4/c1-9-8-17-10(7-14)6-13(9)11(15)12-2-4-16-5-3-12/h9-10,14H,2-8H2,1H3. The third kappa shape index (κ3) is 2.88. The van der Waals surface area contributed by atoms with Crippen LogP contribution in [0.2, 0.25) is 0 Å². The van der Waals surface area contributed by atoms with E-state index < -0.39 is 0 Å². The van der Waals surface area contributed by atoms with Crippen molar-refractivity contribution in [2.24, 2.45) is 0 Å². The number of aliphatic hydroxyl groups is 1. The van der Waals surface area contributed by atoms with E-state index in [-0.39, 0.29) is 24.8 Å². The molecule has 2 rings (SSSR count). The van der Waals surface area contributed by atoms with Gasteiger partial charge in [0.15, 0.2) is 0 Å². The lowest BCUT2D eigenvalue weighted by atomic mass is 10.2. The molecule has 98 valence electrons. The summed E-state index contributed by atoms with van der Waals surface area (Å²) in [6.07, 6.45) is -0.254. The van der Waals surface area contributed by atoms with Gasteiger partial charge in [-0.3, -0.25) is 0 Å². The Morgan fingerprint density at radius 3 is 2.76 bits per heavy atom. The minimum absolute atomic E-state index is 0.0301. The molecule has 1 N–H and O–H groups in total. The normalized spacial score (nSPS) is 30.5. The van der Waals surface area contributed by atoms with E-state index in [0.717, 1.165) is 0 Å². The van der Waals surface area contributed by atoms with Crippen LogP contribution in [-0.2, 0) is 9.47 Å². The fourth-order valence-corrected chi connectivity index (χ4v) is 2.13. The maximum absolute atomic E-state index is 12.3. The molecule has 2 heterocycles. The third-order valence-electron chi connectivity index (χ3n) is 3.24. The van der Waals surface area contributed by atoms with Gasteiger partial charge in [-0.2, -0.15) is 0 Å². The number of hydrogen-bond acceptors (Lipinski definition) is 4. The zero-order valence-corrected chi connectivity index (χ0v) is 10.2. The van der Waals surface area contributed by atoms with E-state index in [9.17, 15) is 4.79 Å². The first kappa shape index (κ1) is 12.6. The Morgan fingerprint density at radius 2 is 2.12 bits per heavy atom. The van der Waals surface area contributed by atoms with Gasteiger partial charge in [0.05, 0.1) is 45.1 Å². The molecule has 0 aliphatic carbocycles. The molecule has 0 aromatic carbocycles. The molecule has 0 spiro atoms. The minimum atomic E-state index is -0.254. The summed E-state index contributed by atoms with van der Waals surface area (Å²) in [5.74, 6) is 0.